The zero-order chi connectivity index (χ0) is 14.4. The summed E-state index contributed by atoms with van der Waals surface area (Å²) in [7, 11) is 2.73. The van der Waals surface area contributed by atoms with E-state index in [1.54, 1.807) is 0 Å². The molecule has 1 aromatic carbocycles. The van der Waals surface area contributed by atoms with Crippen LogP contribution in [-0.2, 0) is 4.79 Å². The number of ether oxygens (including phenoxy) is 2. The maximum Gasteiger partial charge on any atom is 0.335 e. The smallest absolute Gasteiger partial charge is 0.335 e. The molecule has 2 N–H and O–H groups in total. The highest BCUT2D eigenvalue weighted by molar-refractivity contribution is 5.89. The second-order valence-electron chi connectivity index (χ2n) is 3.43. The third-order valence-electron chi connectivity index (χ3n) is 2.21. The maximum atomic E-state index is 10.9. The van der Waals surface area contributed by atoms with Crippen LogP contribution in [-0.4, -0.2) is 36.4 Å². The Morgan fingerprint density at radius 2 is 1.68 bits per heavy atom. The Morgan fingerprint density at radius 1 is 1.16 bits per heavy atom. The summed E-state index contributed by atoms with van der Waals surface area (Å²) in [4.78, 5) is 21.3. The molecule has 0 aromatic heterocycles. The highest BCUT2D eigenvalue weighted by Crippen LogP contribution is 2.29. The summed E-state index contributed by atoms with van der Waals surface area (Å²) >= 11 is 0. The van der Waals surface area contributed by atoms with Gasteiger partial charge in [0.25, 0.3) is 0 Å². The fraction of sp³-hybridized carbons (Fsp3) is 0.231. The van der Waals surface area contributed by atoms with E-state index in [0.717, 1.165) is 0 Å². The van der Waals surface area contributed by atoms with E-state index in [-0.39, 0.29) is 23.5 Å². The Bertz CT molecular complexity index is 539. The van der Waals surface area contributed by atoms with Gasteiger partial charge in [-0.15, -0.1) is 0 Å². The second-order valence-corrected chi connectivity index (χ2v) is 3.43. The van der Waals surface area contributed by atoms with E-state index < -0.39 is 11.9 Å². The molecule has 0 saturated heterocycles. The molecule has 0 aliphatic rings. The summed E-state index contributed by atoms with van der Waals surface area (Å²) in [6, 6.07) is 2.60. The van der Waals surface area contributed by atoms with Gasteiger partial charge in [-0.3, -0.25) is 4.79 Å². The molecular weight excluding hydrogens is 252 g/mol. The zero-order valence-electron chi connectivity index (χ0n) is 10.4. The van der Waals surface area contributed by atoms with E-state index in [1.165, 1.54) is 26.4 Å². The molecule has 1 aromatic rings. The van der Waals surface area contributed by atoms with Gasteiger partial charge in [0.2, 0.25) is 0 Å². The number of methoxy groups -OCH3 is 2. The summed E-state index contributed by atoms with van der Waals surface area (Å²) in [5, 5.41) is 17.5. The second kappa shape index (κ2) is 6.31. The molecule has 0 bridgehead atoms. The summed E-state index contributed by atoms with van der Waals surface area (Å²) in [6.45, 7) is 0. The topological polar surface area (TPSA) is 93.1 Å². The molecule has 0 saturated carbocycles. The molecule has 19 heavy (non-hydrogen) atoms. The van der Waals surface area contributed by atoms with Crippen LogP contribution in [0.15, 0.2) is 12.1 Å². The number of carboxylic acid groups (broad SMARTS) is 2. The van der Waals surface area contributed by atoms with Gasteiger partial charge in [0.15, 0.2) is 0 Å². The molecule has 0 amide bonds. The van der Waals surface area contributed by atoms with E-state index in [4.69, 9.17) is 19.7 Å². The molecule has 0 spiro atoms. The molecule has 1 rings (SSSR count). The van der Waals surface area contributed by atoms with Crippen molar-refractivity contribution in [3.63, 3.8) is 0 Å². The lowest BCUT2D eigenvalue weighted by atomic mass is 10.1. The number of hydrogen-bond acceptors (Lipinski definition) is 4. The number of aliphatic carboxylic acids is 1. The molecule has 0 unspecified atom stereocenters. The summed E-state index contributed by atoms with van der Waals surface area (Å²) in [5.41, 5.74) is 0.314. The van der Waals surface area contributed by atoms with Crippen molar-refractivity contribution in [1.82, 2.24) is 0 Å². The van der Waals surface area contributed by atoms with Crippen molar-refractivity contribution in [3.05, 3.63) is 23.3 Å². The van der Waals surface area contributed by atoms with Gasteiger partial charge >= 0.3 is 11.9 Å². The third kappa shape index (κ3) is 3.64. The van der Waals surface area contributed by atoms with Crippen LogP contribution < -0.4 is 9.47 Å². The van der Waals surface area contributed by atoms with Gasteiger partial charge in [0.05, 0.1) is 19.8 Å². The first kappa shape index (κ1) is 14.4. The van der Waals surface area contributed by atoms with Crippen LogP contribution in [0.3, 0.4) is 0 Å². The highest BCUT2D eigenvalue weighted by atomic mass is 16.5. The number of hydrogen-bond donors (Lipinski definition) is 2. The molecule has 0 radical (unpaired) electrons. The quantitative estimate of drug-likeness (QED) is 0.794. The standard InChI is InChI=1S/C13H12O6/c1-18-10-6-8(13(16)17)7-11(19-2)9(10)4-3-5-12(14)15/h6-7H,5H2,1-2H3,(H,14,15)(H,16,17). The van der Waals surface area contributed by atoms with E-state index in [1.807, 2.05) is 0 Å². The monoisotopic (exact) mass is 264 g/mol. The van der Waals surface area contributed by atoms with Gasteiger partial charge in [-0.25, -0.2) is 4.79 Å². The fourth-order valence-corrected chi connectivity index (χ4v) is 1.37. The minimum Gasteiger partial charge on any atom is -0.495 e. The van der Waals surface area contributed by atoms with Crippen molar-refractivity contribution in [2.75, 3.05) is 14.2 Å². The Morgan fingerprint density at radius 3 is 2.05 bits per heavy atom. The molecule has 0 aliphatic heterocycles. The van der Waals surface area contributed by atoms with Crippen LogP contribution in [0, 0.1) is 11.8 Å². The van der Waals surface area contributed by atoms with Crippen LogP contribution in [0.5, 0.6) is 11.5 Å². The largest absolute Gasteiger partial charge is 0.495 e. The van der Waals surface area contributed by atoms with Crippen LogP contribution in [0.4, 0.5) is 0 Å². The molecule has 0 heterocycles. The van der Waals surface area contributed by atoms with E-state index in [9.17, 15) is 9.59 Å². The lowest BCUT2D eigenvalue weighted by Crippen LogP contribution is -2.01. The number of carbonyl (C=O) groups is 2. The van der Waals surface area contributed by atoms with Crippen molar-refractivity contribution in [1.29, 1.82) is 0 Å². The zero-order valence-corrected chi connectivity index (χ0v) is 10.4. The normalized spacial score (nSPS) is 9.16. The van der Waals surface area contributed by atoms with Crippen LogP contribution in [0.2, 0.25) is 0 Å². The van der Waals surface area contributed by atoms with Gasteiger partial charge in [-0.1, -0.05) is 11.8 Å². The van der Waals surface area contributed by atoms with Crippen LogP contribution in [0.1, 0.15) is 22.3 Å². The Hall–Kier alpha value is -2.68. The van der Waals surface area contributed by atoms with Crippen molar-refractivity contribution in [2.45, 2.75) is 6.42 Å². The highest BCUT2D eigenvalue weighted by Gasteiger charge is 2.14. The lowest BCUT2D eigenvalue weighted by Gasteiger charge is -2.10. The number of aromatic carboxylic acids is 1. The molecule has 100 valence electrons. The molecule has 6 heteroatoms. The Labute approximate surface area is 109 Å². The minimum absolute atomic E-state index is 0.00233. The van der Waals surface area contributed by atoms with E-state index >= 15 is 0 Å². The average Bonchev–Trinajstić information content (AvgIpc) is 2.37. The first-order chi connectivity index (χ1) is 8.99. The minimum atomic E-state index is -1.12. The third-order valence-corrected chi connectivity index (χ3v) is 2.21. The molecule has 0 fully saturated rings. The van der Waals surface area contributed by atoms with Gasteiger partial charge in [0.1, 0.15) is 23.5 Å². The van der Waals surface area contributed by atoms with Crippen molar-refractivity contribution < 1.29 is 29.3 Å². The SMILES string of the molecule is COc1cc(C(=O)O)cc(OC)c1C#CCC(=O)O. The van der Waals surface area contributed by atoms with Crippen molar-refractivity contribution in [3.8, 4) is 23.3 Å². The predicted octanol–water partition coefficient (Wildman–Crippen LogP) is 1.23. The van der Waals surface area contributed by atoms with Crippen molar-refractivity contribution in [2.24, 2.45) is 0 Å². The fourth-order valence-electron chi connectivity index (χ4n) is 1.37. The van der Waals surface area contributed by atoms with Gasteiger partial charge in [-0.05, 0) is 12.1 Å². The summed E-state index contributed by atoms with van der Waals surface area (Å²) in [5.74, 6) is 3.31. The number of rotatable bonds is 4. The predicted molar refractivity (Wildman–Crippen MR) is 65.6 cm³/mol. The first-order valence-corrected chi connectivity index (χ1v) is 5.19. The Balaban J connectivity index is 3.31. The Kier molecular flexibility index (Phi) is 4.77. The van der Waals surface area contributed by atoms with Crippen molar-refractivity contribution >= 4 is 11.9 Å². The molecule has 0 atom stereocenters. The lowest BCUT2D eigenvalue weighted by molar-refractivity contribution is -0.135. The van der Waals surface area contributed by atoms with Gasteiger partial charge < -0.3 is 19.7 Å². The number of benzene rings is 1. The van der Waals surface area contributed by atoms with Crippen LogP contribution in [0.25, 0.3) is 0 Å². The van der Waals surface area contributed by atoms with Gasteiger partial charge in [-0.2, -0.15) is 0 Å². The molecular formula is C13H12O6. The average molecular weight is 264 g/mol. The summed E-state index contributed by atoms with van der Waals surface area (Å²) in [6.07, 6.45) is -0.326. The van der Waals surface area contributed by atoms with Crippen LogP contribution >= 0.6 is 0 Å². The van der Waals surface area contributed by atoms with E-state index in [2.05, 4.69) is 11.8 Å². The maximum absolute atomic E-state index is 10.9. The summed E-state index contributed by atoms with van der Waals surface area (Å²) < 4.78 is 10.1. The molecule has 6 nitrogen and oxygen atoms in total. The number of carboxylic acids is 2. The van der Waals surface area contributed by atoms with Gasteiger partial charge in [0, 0.05) is 0 Å². The first-order valence-electron chi connectivity index (χ1n) is 5.19. The van der Waals surface area contributed by atoms with E-state index in [0.29, 0.717) is 5.56 Å². The molecule has 0 aliphatic carbocycles.